The Balaban J connectivity index is 2.00. The predicted octanol–water partition coefficient (Wildman–Crippen LogP) is 2.89. The predicted molar refractivity (Wildman–Crippen MR) is 127 cm³/mol. The van der Waals surface area contributed by atoms with Gasteiger partial charge in [-0.1, -0.05) is 24.3 Å². The van der Waals surface area contributed by atoms with E-state index in [0.717, 1.165) is 12.1 Å². The number of Topliss-reactive ketones (excluding diaryl/α,β-unsaturated/α-hetero) is 1. The minimum atomic E-state index is -1.82. The number of nitrogens with zero attached hydrogens (tertiary/aromatic N) is 3. The van der Waals surface area contributed by atoms with E-state index in [2.05, 4.69) is 6.58 Å². The van der Waals surface area contributed by atoms with Gasteiger partial charge in [0.25, 0.3) is 17.6 Å². The van der Waals surface area contributed by atoms with Gasteiger partial charge in [-0.3, -0.25) is 14.4 Å². The lowest BCUT2D eigenvalue weighted by Crippen LogP contribution is -2.52. The Morgan fingerprint density at radius 2 is 1.79 bits per heavy atom. The van der Waals surface area contributed by atoms with Crippen LogP contribution < -0.4 is 4.90 Å². The monoisotopic (exact) mass is 463 g/mol. The van der Waals surface area contributed by atoms with Crippen molar-refractivity contribution in [1.29, 1.82) is 0 Å². The lowest BCUT2D eigenvalue weighted by Gasteiger charge is -2.34. The first-order valence-corrected chi connectivity index (χ1v) is 11.0. The largest absolute Gasteiger partial charge is 0.507 e. The maximum Gasteiger partial charge on any atom is 0.296 e. The number of anilines is 1. The van der Waals surface area contributed by atoms with Crippen molar-refractivity contribution in [1.82, 2.24) is 9.80 Å². The van der Waals surface area contributed by atoms with Crippen LogP contribution in [0, 0.1) is 5.82 Å². The standard InChI is InChI=1S/C26H26FN3O4/c1-4-14-29-20-9-6-5-8-19(20)26(25(29)34)21(22(31)17-10-12-18(27)13-11-17)23(32)24(33)30(26)16-7-15-28(2)3/h4-6,8-13,31H,1,7,14-16H2,2-3H3/t26-/m1/s1. The second-order valence-electron chi connectivity index (χ2n) is 8.61. The van der Waals surface area contributed by atoms with Crippen LogP contribution in [0.4, 0.5) is 10.1 Å². The summed E-state index contributed by atoms with van der Waals surface area (Å²) in [5, 5.41) is 11.3. The van der Waals surface area contributed by atoms with Crippen molar-refractivity contribution in [2.75, 3.05) is 38.6 Å². The molecule has 2 aromatic rings. The van der Waals surface area contributed by atoms with Crippen LogP contribution in [0.15, 0.2) is 66.8 Å². The molecular weight excluding hydrogens is 437 g/mol. The first-order valence-electron chi connectivity index (χ1n) is 11.0. The van der Waals surface area contributed by atoms with E-state index < -0.39 is 34.7 Å². The zero-order valence-corrected chi connectivity index (χ0v) is 19.1. The van der Waals surface area contributed by atoms with Gasteiger partial charge in [-0.15, -0.1) is 6.58 Å². The molecule has 176 valence electrons. The lowest BCUT2D eigenvalue weighted by molar-refractivity contribution is -0.143. The Hall–Kier alpha value is -3.78. The number of carbonyl (C=O) groups is 3. The smallest absolute Gasteiger partial charge is 0.296 e. The van der Waals surface area contributed by atoms with Gasteiger partial charge in [-0.25, -0.2) is 4.39 Å². The van der Waals surface area contributed by atoms with Crippen molar-refractivity contribution >= 4 is 29.0 Å². The average Bonchev–Trinajstić information content (AvgIpc) is 3.18. The summed E-state index contributed by atoms with van der Waals surface area (Å²) in [6.07, 6.45) is 2.07. The maximum absolute atomic E-state index is 14.1. The van der Waals surface area contributed by atoms with E-state index in [4.69, 9.17) is 0 Å². The zero-order valence-electron chi connectivity index (χ0n) is 19.1. The lowest BCUT2D eigenvalue weighted by atomic mass is 9.82. The van der Waals surface area contributed by atoms with Gasteiger partial charge in [0.2, 0.25) is 0 Å². The van der Waals surface area contributed by atoms with E-state index in [0.29, 0.717) is 24.2 Å². The third kappa shape index (κ3) is 3.42. The van der Waals surface area contributed by atoms with Crippen LogP contribution in [0.25, 0.3) is 5.76 Å². The Morgan fingerprint density at radius 3 is 2.44 bits per heavy atom. The molecule has 2 heterocycles. The van der Waals surface area contributed by atoms with Gasteiger partial charge in [0.05, 0.1) is 11.3 Å². The first kappa shape index (κ1) is 23.4. The van der Waals surface area contributed by atoms with E-state index in [-0.39, 0.29) is 24.2 Å². The number of aliphatic hydroxyl groups excluding tert-OH is 1. The van der Waals surface area contributed by atoms with Gasteiger partial charge >= 0.3 is 0 Å². The van der Waals surface area contributed by atoms with Crippen LogP contribution in [-0.4, -0.2) is 66.2 Å². The quantitative estimate of drug-likeness (QED) is 0.296. The van der Waals surface area contributed by atoms with E-state index in [1.54, 1.807) is 30.3 Å². The summed E-state index contributed by atoms with van der Waals surface area (Å²) in [7, 11) is 3.78. The molecule has 2 aliphatic heterocycles. The van der Waals surface area contributed by atoms with Crippen molar-refractivity contribution in [2.24, 2.45) is 0 Å². The normalized spacial score (nSPS) is 21.1. The molecule has 2 aliphatic rings. The Kier molecular flexibility index (Phi) is 6.10. The Labute approximate surface area is 197 Å². The number of fused-ring (bicyclic) bond motifs is 2. The molecule has 2 amide bonds. The Morgan fingerprint density at radius 1 is 1.12 bits per heavy atom. The van der Waals surface area contributed by atoms with Crippen molar-refractivity contribution in [2.45, 2.75) is 12.0 Å². The minimum absolute atomic E-state index is 0.130. The topological polar surface area (TPSA) is 81.2 Å². The molecular formula is C26H26FN3O4. The summed E-state index contributed by atoms with van der Waals surface area (Å²) in [4.78, 5) is 45.5. The number of hydrogen-bond acceptors (Lipinski definition) is 5. The molecule has 0 aromatic heterocycles. The maximum atomic E-state index is 14.1. The van der Waals surface area contributed by atoms with Gasteiger partial charge < -0.3 is 19.8 Å². The Bertz CT molecular complexity index is 1200. The van der Waals surface area contributed by atoms with Gasteiger partial charge in [0.15, 0.2) is 5.54 Å². The number of amides is 2. The number of hydrogen-bond donors (Lipinski definition) is 1. The van der Waals surface area contributed by atoms with E-state index in [1.165, 1.54) is 21.9 Å². The molecule has 0 bridgehead atoms. The summed E-state index contributed by atoms with van der Waals surface area (Å²) in [5.74, 6) is -3.35. The summed E-state index contributed by atoms with van der Waals surface area (Å²) in [5.41, 5.74) is -1.01. The highest BCUT2D eigenvalue weighted by molar-refractivity contribution is 6.50. The number of carbonyl (C=O) groups excluding carboxylic acids is 3. The van der Waals surface area contributed by atoms with Crippen molar-refractivity contribution in [3.8, 4) is 0 Å². The van der Waals surface area contributed by atoms with E-state index in [9.17, 15) is 23.9 Å². The van der Waals surface area contributed by atoms with Gasteiger partial charge in [-0.2, -0.15) is 0 Å². The highest BCUT2D eigenvalue weighted by Crippen LogP contribution is 2.53. The number of likely N-dealkylation sites (tertiary alicyclic amines) is 1. The third-order valence-electron chi connectivity index (χ3n) is 6.23. The number of benzene rings is 2. The number of ketones is 1. The van der Waals surface area contributed by atoms with E-state index >= 15 is 0 Å². The molecule has 0 radical (unpaired) electrons. The molecule has 7 nitrogen and oxygen atoms in total. The van der Waals surface area contributed by atoms with Crippen molar-refractivity contribution < 1.29 is 23.9 Å². The van der Waals surface area contributed by atoms with Crippen LogP contribution in [0.5, 0.6) is 0 Å². The molecule has 1 saturated heterocycles. The van der Waals surface area contributed by atoms with Crippen molar-refractivity contribution in [3.05, 3.63) is 83.7 Å². The van der Waals surface area contributed by atoms with Crippen LogP contribution in [0.2, 0.25) is 0 Å². The SMILES string of the molecule is C=CCN1C(=O)[C@]2(C(=C(O)c3ccc(F)cc3)C(=O)C(=O)N2CCCN(C)C)c2ccccc21. The van der Waals surface area contributed by atoms with Gasteiger partial charge in [-0.05, 0) is 57.4 Å². The number of rotatable bonds is 7. The molecule has 1 N–H and O–H groups in total. The van der Waals surface area contributed by atoms with Crippen LogP contribution in [-0.2, 0) is 19.9 Å². The average molecular weight is 464 g/mol. The van der Waals surface area contributed by atoms with Crippen LogP contribution >= 0.6 is 0 Å². The fourth-order valence-corrected chi connectivity index (χ4v) is 4.77. The summed E-state index contributed by atoms with van der Waals surface area (Å²) in [6, 6.07) is 11.8. The molecule has 1 atom stereocenters. The molecule has 0 aliphatic carbocycles. The highest BCUT2D eigenvalue weighted by Gasteiger charge is 2.66. The number of halogens is 1. The number of para-hydroxylation sites is 1. The molecule has 2 aromatic carbocycles. The first-order chi connectivity index (χ1) is 16.2. The summed E-state index contributed by atoms with van der Waals surface area (Å²) >= 11 is 0. The third-order valence-corrected chi connectivity index (χ3v) is 6.23. The minimum Gasteiger partial charge on any atom is -0.507 e. The van der Waals surface area contributed by atoms with Crippen LogP contribution in [0.3, 0.4) is 0 Å². The fourth-order valence-electron chi connectivity index (χ4n) is 4.77. The van der Waals surface area contributed by atoms with Crippen molar-refractivity contribution in [3.63, 3.8) is 0 Å². The van der Waals surface area contributed by atoms with Gasteiger partial charge in [0, 0.05) is 24.2 Å². The molecule has 1 spiro atoms. The molecule has 1 fully saturated rings. The molecule has 8 heteroatoms. The molecule has 4 rings (SSSR count). The van der Waals surface area contributed by atoms with E-state index in [1.807, 2.05) is 19.0 Å². The molecule has 0 saturated carbocycles. The fraction of sp³-hybridized carbons (Fsp3) is 0.269. The second kappa shape index (κ2) is 8.87. The number of aliphatic hydroxyl groups is 1. The molecule has 34 heavy (non-hydrogen) atoms. The summed E-state index contributed by atoms with van der Waals surface area (Å²) in [6.45, 7) is 4.65. The van der Waals surface area contributed by atoms with Gasteiger partial charge in [0.1, 0.15) is 11.6 Å². The zero-order chi connectivity index (χ0) is 24.6. The molecule has 0 unspecified atom stereocenters. The summed E-state index contributed by atoms with van der Waals surface area (Å²) < 4.78 is 13.5. The highest BCUT2D eigenvalue weighted by atomic mass is 19.1. The van der Waals surface area contributed by atoms with Crippen LogP contribution in [0.1, 0.15) is 17.5 Å². The second-order valence-corrected chi connectivity index (χ2v) is 8.61.